The molecule has 2 rings (SSSR count). The van der Waals surface area contributed by atoms with Crippen LogP contribution in [0.25, 0.3) is 0 Å². The van der Waals surface area contributed by atoms with Crippen LogP contribution in [0.3, 0.4) is 0 Å². The van der Waals surface area contributed by atoms with E-state index in [-0.39, 0.29) is 15.6 Å². The molecule has 0 aliphatic carbocycles. The molecule has 10 heteroatoms. The Labute approximate surface area is 136 Å². The van der Waals surface area contributed by atoms with Crippen LogP contribution in [0, 0.1) is 11.3 Å². The number of nitrogens with zero attached hydrogens (tertiary/aromatic N) is 3. The van der Waals surface area contributed by atoms with Gasteiger partial charge in [-0.3, -0.25) is 5.43 Å². The molecule has 0 fully saturated rings. The van der Waals surface area contributed by atoms with Gasteiger partial charge in [0, 0.05) is 6.20 Å². The Morgan fingerprint density at radius 1 is 1.43 bits per heavy atom. The molecule has 0 aliphatic rings. The van der Waals surface area contributed by atoms with Crippen LogP contribution in [0.5, 0.6) is 0 Å². The number of aromatic nitrogens is 1. The third kappa shape index (κ3) is 3.53. The summed E-state index contributed by atoms with van der Waals surface area (Å²) in [6.45, 7) is 0. The maximum Gasteiger partial charge on any atom is 0.350 e. The van der Waals surface area contributed by atoms with E-state index in [4.69, 9.17) is 5.26 Å². The van der Waals surface area contributed by atoms with Crippen molar-refractivity contribution in [3.05, 3.63) is 40.7 Å². The van der Waals surface area contributed by atoms with Gasteiger partial charge in [-0.2, -0.15) is 10.4 Å². The van der Waals surface area contributed by atoms with Crippen molar-refractivity contribution in [3.8, 4) is 6.07 Å². The van der Waals surface area contributed by atoms with Gasteiger partial charge in [-0.25, -0.2) is 18.2 Å². The molecule has 0 saturated heterocycles. The van der Waals surface area contributed by atoms with E-state index >= 15 is 0 Å². The van der Waals surface area contributed by atoms with Crippen molar-refractivity contribution in [2.24, 2.45) is 5.10 Å². The summed E-state index contributed by atoms with van der Waals surface area (Å²) in [6.07, 6.45) is 1.30. The number of thiophene rings is 1. The van der Waals surface area contributed by atoms with Gasteiger partial charge in [0.15, 0.2) is 5.03 Å². The molecule has 0 unspecified atom stereocenters. The summed E-state index contributed by atoms with van der Waals surface area (Å²) in [5.41, 5.74) is 2.64. The lowest BCUT2D eigenvalue weighted by atomic mass is 10.4. The number of nitriles is 1. The number of anilines is 1. The Kier molecular flexibility index (Phi) is 5.05. The Morgan fingerprint density at radius 3 is 2.83 bits per heavy atom. The van der Waals surface area contributed by atoms with Gasteiger partial charge in [0.1, 0.15) is 10.9 Å². The number of esters is 1. The first kappa shape index (κ1) is 16.6. The van der Waals surface area contributed by atoms with Crippen molar-refractivity contribution < 1.29 is 17.9 Å². The van der Waals surface area contributed by atoms with E-state index in [2.05, 4.69) is 20.2 Å². The van der Waals surface area contributed by atoms with Crippen LogP contribution >= 0.6 is 11.3 Å². The van der Waals surface area contributed by atoms with Crippen molar-refractivity contribution in [1.82, 2.24) is 4.98 Å². The monoisotopic (exact) mass is 350 g/mol. The Bertz CT molecular complexity index is 882. The number of nitrogens with one attached hydrogen (secondary N) is 1. The molecule has 0 bridgehead atoms. The van der Waals surface area contributed by atoms with Crippen LogP contribution in [-0.4, -0.2) is 31.5 Å². The first-order valence-corrected chi connectivity index (χ1v) is 8.42. The lowest BCUT2D eigenvalue weighted by Gasteiger charge is -2.03. The zero-order valence-corrected chi connectivity index (χ0v) is 13.4. The minimum atomic E-state index is -4.14. The highest BCUT2D eigenvalue weighted by molar-refractivity contribution is 8.07. The first-order valence-electron chi connectivity index (χ1n) is 6.06. The second-order valence-electron chi connectivity index (χ2n) is 3.97. The lowest BCUT2D eigenvalue weighted by molar-refractivity contribution is 0.0607. The molecule has 0 spiro atoms. The Morgan fingerprint density at radius 2 is 2.22 bits per heavy atom. The Balaban J connectivity index is 2.33. The fourth-order valence-corrected chi connectivity index (χ4v) is 3.21. The second kappa shape index (κ2) is 6.99. The highest BCUT2D eigenvalue weighted by atomic mass is 32.2. The summed E-state index contributed by atoms with van der Waals surface area (Å²) in [6, 6.07) is 7.32. The number of ether oxygens (including phenoxy) is 1. The minimum absolute atomic E-state index is 0.212. The fraction of sp³-hybridized carbons (Fsp3) is 0.0769. The summed E-state index contributed by atoms with van der Waals surface area (Å²) >= 11 is 1.09. The number of hydrogen-bond acceptors (Lipinski definition) is 9. The van der Waals surface area contributed by atoms with Crippen molar-refractivity contribution >= 4 is 37.9 Å². The summed E-state index contributed by atoms with van der Waals surface area (Å²) < 4.78 is 29.1. The van der Waals surface area contributed by atoms with Crippen LogP contribution in [0.4, 0.5) is 5.69 Å². The molecule has 0 radical (unpaired) electrons. The van der Waals surface area contributed by atoms with E-state index in [9.17, 15) is 13.2 Å². The molecule has 0 amide bonds. The molecular formula is C13H10N4O4S2. The number of carbonyl (C=O) groups excluding carboxylic acids is 1. The second-order valence-corrected chi connectivity index (χ2v) is 6.69. The van der Waals surface area contributed by atoms with E-state index in [0.717, 1.165) is 11.3 Å². The smallest absolute Gasteiger partial charge is 0.350 e. The summed E-state index contributed by atoms with van der Waals surface area (Å²) in [7, 11) is -2.92. The molecule has 0 saturated carbocycles. The van der Waals surface area contributed by atoms with Crippen molar-refractivity contribution in [2.75, 3.05) is 12.5 Å². The van der Waals surface area contributed by atoms with Crippen LogP contribution < -0.4 is 5.43 Å². The molecule has 118 valence electrons. The summed E-state index contributed by atoms with van der Waals surface area (Å²) in [5.74, 6) is -0.594. The van der Waals surface area contributed by atoms with E-state index < -0.39 is 20.9 Å². The summed E-state index contributed by atoms with van der Waals surface area (Å²) in [5, 5.41) is 13.2. The van der Waals surface area contributed by atoms with Crippen LogP contribution in [-0.2, 0) is 14.6 Å². The Hall–Kier alpha value is -2.77. The van der Waals surface area contributed by atoms with Crippen LogP contribution in [0.1, 0.15) is 9.67 Å². The predicted octanol–water partition coefficient (Wildman–Crippen LogP) is 1.65. The predicted molar refractivity (Wildman–Crippen MR) is 83.8 cm³/mol. The molecule has 23 heavy (non-hydrogen) atoms. The van der Waals surface area contributed by atoms with Crippen LogP contribution in [0.2, 0.25) is 0 Å². The SMILES string of the molecule is COC(=O)c1sccc1N/N=C(\C#N)S(=O)(=O)c1ccccn1. The average molecular weight is 350 g/mol. The minimum Gasteiger partial charge on any atom is -0.465 e. The van der Waals surface area contributed by atoms with Crippen molar-refractivity contribution in [3.63, 3.8) is 0 Å². The largest absolute Gasteiger partial charge is 0.465 e. The topological polar surface area (TPSA) is 122 Å². The highest BCUT2D eigenvalue weighted by Crippen LogP contribution is 2.23. The van der Waals surface area contributed by atoms with Crippen molar-refractivity contribution in [1.29, 1.82) is 5.26 Å². The lowest BCUT2D eigenvalue weighted by Crippen LogP contribution is -2.16. The van der Waals surface area contributed by atoms with E-state index in [1.165, 1.54) is 37.6 Å². The molecule has 2 aromatic heterocycles. The molecule has 2 heterocycles. The van der Waals surface area contributed by atoms with E-state index in [1.807, 2.05) is 0 Å². The molecule has 2 aromatic rings. The quantitative estimate of drug-likeness (QED) is 0.385. The van der Waals surface area contributed by atoms with Gasteiger partial charge in [-0.15, -0.1) is 11.3 Å². The van der Waals surface area contributed by atoms with Gasteiger partial charge in [0.25, 0.3) is 14.9 Å². The third-order valence-electron chi connectivity index (χ3n) is 2.58. The van der Waals surface area contributed by atoms with Crippen LogP contribution in [0.15, 0.2) is 46.0 Å². The first-order chi connectivity index (χ1) is 11.0. The highest BCUT2D eigenvalue weighted by Gasteiger charge is 2.24. The van der Waals surface area contributed by atoms with Gasteiger partial charge in [0.2, 0.25) is 0 Å². The molecule has 1 N–H and O–H groups in total. The summed E-state index contributed by atoms with van der Waals surface area (Å²) in [4.78, 5) is 15.4. The number of sulfone groups is 1. The zero-order chi connectivity index (χ0) is 16.9. The normalized spacial score (nSPS) is 11.6. The van der Waals surface area contributed by atoms with Gasteiger partial charge >= 0.3 is 5.97 Å². The maximum atomic E-state index is 12.3. The number of pyridine rings is 1. The number of carbonyl (C=O) groups is 1. The molecule has 8 nitrogen and oxygen atoms in total. The van der Waals surface area contributed by atoms with Gasteiger partial charge in [-0.05, 0) is 23.6 Å². The standard InChI is InChI=1S/C13H10N4O4S2/c1-21-13(18)12-9(5-7-22-12)16-17-11(8-14)23(19,20)10-4-2-3-6-15-10/h2-7,16H,1H3/b17-11+. The maximum absolute atomic E-state index is 12.3. The third-order valence-corrected chi connectivity index (χ3v) is 4.96. The number of methoxy groups -OCH3 is 1. The van der Waals surface area contributed by atoms with Gasteiger partial charge < -0.3 is 4.74 Å². The molecule has 0 atom stereocenters. The van der Waals surface area contributed by atoms with Gasteiger partial charge in [-0.1, -0.05) is 6.07 Å². The number of rotatable bonds is 4. The number of hydrazone groups is 1. The van der Waals surface area contributed by atoms with Crippen molar-refractivity contribution in [2.45, 2.75) is 5.03 Å². The molecule has 0 aliphatic heterocycles. The average Bonchev–Trinajstić information content (AvgIpc) is 3.04. The molecular weight excluding hydrogens is 340 g/mol. The van der Waals surface area contributed by atoms with Gasteiger partial charge in [0.05, 0.1) is 12.8 Å². The van der Waals surface area contributed by atoms with E-state index in [1.54, 1.807) is 11.4 Å². The zero-order valence-electron chi connectivity index (χ0n) is 11.8. The fourth-order valence-electron chi connectivity index (χ4n) is 1.51. The number of hydrogen-bond donors (Lipinski definition) is 1. The molecule has 0 aromatic carbocycles. The van der Waals surface area contributed by atoms with E-state index in [0.29, 0.717) is 0 Å².